The molecule has 0 radical (unpaired) electrons. The van der Waals surface area contributed by atoms with Gasteiger partial charge in [0.25, 0.3) is 5.91 Å². The lowest BCUT2D eigenvalue weighted by atomic mass is 9.81. The number of nitrogens with zero attached hydrogens (tertiary/aromatic N) is 4. The number of pyridine rings is 1. The van der Waals surface area contributed by atoms with E-state index in [1.54, 1.807) is 12.1 Å². The molecule has 1 atom stereocenters. The minimum absolute atomic E-state index is 0.0211. The summed E-state index contributed by atoms with van der Waals surface area (Å²) in [6.45, 7) is 8.13. The van der Waals surface area contributed by atoms with Crippen molar-refractivity contribution < 1.29 is 14.3 Å². The lowest BCUT2D eigenvalue weighted by Crippen LogP contribution is -2.48. The van der Waals surface area contributed by atoms with Crippen LogP contribution in [-0.2, 0) is 17.8 Å². The van der Waals surface area contributed by atoms with Gasteiger partial charge in [0.2, 0.25) is 0 Å². The molecule has 1 amide bonds. The van der Waals surface area contributed by atoms with Crippen molar-refractivity contribution in [3.63, 3.8) is 0 Å². The topological polar surface area (TPSA) is 139 Å². The molecule has 0 saturated carbocycles. The maximum Gasteiger partial charge on any atom is 0.338 e. The lowest BCUT2D eigenvalue weighted by Gasteiger charge is -2.40. The summed E-state index contributed by atoms with van der Waals surface area (Å²) < 4.78 is 5.18. The SMILES string of the molecule is Cc1c(CCN2CCCC(C)(CNC(=O)c3ccc(N(N)/C=N\N)cn3)C2)ccc2c1COC2=O. The molecule has 186 valence electrons. The maximum atomic E-state index is 12.7. The molecule has 2 aliphatic heterocycles. The summed E-state index contributed by atoms with van der Waals surface area (Å²) in [4.78, 5) is 31.1. The Kier molecular flexibility index (Phi) is 7.32. The van der Waals surface area contributed by atoms with Crippen molar-refractivity contribution in [1.29, 1.82) is 0 Å². The quantitative estimate of drug-likeness (QED) is 0.171. The van der Waals surface area contributed by atoms with Crippen molar-refractivity contribution in [2.75, 3.05) is 31.2 Å². The van der Waals surface area contributed by atoms with Gasteiger partial charge in [-0.05, 0) is 67.5 Å². The first-order valence-electron chi connectivity index (χ1n) is 11.8. The van der Waals surface area contributed by atoms with Crippen LogP contribution in [0.15, 0.2) is 35.6 Å². The predicted molar refractivity (Wildman–Crippen MR) is 134 cm³/mol. The number of cyclic esters (lactones) is 1. The highest BCUT2D eigenvalue weighted by Gasteiger charge is 2.32. The molecule has 10 nitrogen and oxygen atoms in total. The highest BCUT2D eigenvalue weighted by atomic mass is 16.5. The molecule has 0 bridgehead atoms. The second kappa shape index (κ2) is 10.4. The predicted octanol–water partition coefficient (Wildman–Crippen LogP) is 1.72. The summed E-state index contributed by atoms with van der Waals surface area (Å²) in [5.41, 5.74) is 5.01. The van der Waals surface area contributed by atoms with Crippen LogP contribution in [-0.4, -0.2) is 54.3 Å². The van der Waals surface area contributed by atoms with E-state index in [-0.39, 0.29) is 17.3 Å². The minimum atomic E-state index is -0.225. The summed E-state index contributed by atoms with van der Waals surface area (Å²) in [5, 5.41) is 7.64. The fraction of sp³-hybridized carbons (Fsp3) is 0.440. The molecule has 1 aromatic carbocycles. The Morgan fingerprint density at radius 1 is 1.37 bits per heavy atom. The zero-order valence-corrected chi connectivity index (χ0v) is 20.3. The average molecular weight is 480 g/mol. The molecule has 3 heterocycles. The number of esters is 1. The number of aromatic nitrogens is 1. The van der Waals surface area contributed by atoms with Crippen LogP contribution >= 0.6 is 0 Å². The fourth-order valence-corrected chi connectivity index (χ4v) is 4.91. The van der Waals surface area contributed by atoms with Crippen LogP contribution in [0.2, 0.25) is 0 Å². The van der Waals surface area contributed by atoms with Crippen LogP contribution in [0.4, 0.5) is 5.69 Å². The van der Waals surface area contributed by atoms with Crippen LogP contribution in [0, 0.1) is 12.3 Å². The molecule has 1 aromatic heterocycles. The number of nitrogens with two attached hydrogens (primary N) is 2. The first kappa shape index (κ1) is 24.6. The van der Waals surface area contributed by atoms with Crippen LogP contribution in [0.25, 0.3) is 0 Å². The van der Waals surface area contributed by atoms with E-state index >= 15 is 0 Å². The summed E-state index contributed by atoms with van der Waals surface area (Å²) in [6.07, 6.45) is 5.81. The Bertz CT molecular complexity index is 1120. The number of amides is 1. The standard InChI is InChI=1S/C25H33N7O3/c1-17-18(4-6-20-21(17)13-35-24(20)34)8-11-31-10-3-9-25(2,15-31)14-29-23(33)22-7-5-19(12-28-22)32(27)16-30-26/h4-7,12,16H,3,8-11,13-15,26-27H2,1-2H3,(H,29,33)/b30-16-. The second-order valence-electron chi connectivity index (χ2n) is 9.65. The molecule has 1 saturated heterocycles. The largest absolute Gasteiger partial charge is 0.457 e. The van der Waals surface area contributed by atoms with Crippen molar-refractivity contribution >= 4 is 23.9 Å². The van der Waals surface area contributed by atoms with E-state index in [1.807, 2.05) is 6.07 Å². The van der Waals surface area contributed by atoms with Gasteiger partial charge in [-0.2, -0.15) is 5.10 Å². The van der Waals surface area contributed by atoms with Crippen molar-refractivity contribution in [3.05, 3.63) is 58.4 Å². The Morgan fingerprint density at radius 3 is 2.94 bits per heavy atom. The highest BCUT2D eigenvalue weighted by Crippen LogP contribution is 2.30. The van der Waals surface area contributed by atoms with Crippen molar-refractivity contribution in [1.82, 2.24) is 15.2 Å². The molecule has 5 N–H and O–H groups in total. The molecular weight excluding hydrogens is 446 g/mol. The average Bonchev–Trinajstić information content (AvgIpc) is 3.24. The number of fused-ring (bicyclic) bond motifs is 1. The first-order chi connectivity index (χ1) is 16.8. The summed E-state index contributed by atoms with van der Waals surface area (Å²) in [6, 6.07) is 7.26. The second-order valence-corrected chi connectivity index (χ2v) is 9.65. The number of hydrogen-bond donors (Lipinski definition) is 3. The van der Waals surface area contributed by atoms with Gasteiger partial charge in [0.15, 0.2) is 0 Å². The molecule has 35 heavy (non-hydrogen) atoms. The summed E-state index contributed by atoms with van der Waals surface area (Å²) in [7, 11) is 0. The molecule has 4 rings (SSSR count). The van der Waals surface area contributed by atoms with Crippen LogP contribution in [0.5, 0.6) is 0 Å². The van der Waals surface area contributed by atoms with Crippen molar-refractivity contribution in [2.45, 2.75) is 39.7 Å². The Morgan fingerprint density at radius 2 is 2.20 bits per heavy atom. The highest BCUT2D eigenvalue weighted by molar-refractivity contribution is 5.94. The van der Waals surface area contributed by atoms with Crippen molar-refractivity contribution in [2.24, 2.45) is 22.2 Å². The Hall–Kier alpha value is -3.50. The number of hydrazone groups is 1. The van der Waals surface area contributed by atoms with Gasteiger partial charge in [0, 0.05) is 25.2 Å². The van der Waals surface area contributed by atoms with E-state index in [4.69, 9.17) is 16.4 Å². The van der Waals surface area contributed by atoms with Gasteiger partial charge >= 0.3 is 5.97 Å². The zero-order chi connectivity index (χ0) is 25.0. The number of nitrogens with one attached hydrogen (secondary N) is 1. The molecule has 1 fully saturated rings. The van der Waals surface area contributed by atoms with Gasteiger partial charge in [0.1, 0.15) is 18.6 Å². The van der Waals surface area contributed by atoms with Gasteiger partial charge in [0.05, 0.1) is 17.4 Å². The van der Waals surface area contributed by atoms with Crippen molar-refractivity contribution in [3.8, 4) is 0 Å². The molecule has 1 unspecified atom stereocenters. The van der Waals surface area contributed by atoms with Gasteiger partial charge in [-0.25, -0.2) is 15.6 Å². The van der Waals surface area contributed by atoms with E-state index in [1.165, 1.54) is 23.1 Å². The number of benzene rings is 1. The van der Waals surface area contributed by atoms with Crippen LogP contribution in [0.1, 0.15) is 57.3 Å². The van der Waals surface area contributed by atoms with Gasteiger partial charge < -0.3 is 20.8 Å². The number of ether oxygens (including phenoxy) is 1. The number of carbonyl (C=O) groups excluding carboxylic acids is 2. The minimum Gasteiger partial charge on any atom is -0.457 e. The molecule has 10 heteroatoms. The number of piperidine rings is 1. The third-order valence-corrected chi connectivity index (χ3v) is 6.98. The lowest BCUT2D eigenvalue weighted by molar-refractivity contribution is 0.0534. The molecule has 2 aromatic rings. The maximum absolute atomic E-state index is 12.7. The van der Waals surface area contributed by atoms with E-state index < -0.39 is 0 Å². The smallest absolute Gasteiger partial charge is 0.338 e. The van der Waals surface area contributed by atoms with Crippen LogP contribution < -0.4 is 22.0 Å². The molecule has 0 spiro atoms. The van der Waals surface area contributed by atoms with E-state index in [0.717, 1.165) is 50.0 Å². The molecular formula is C25H33N7O3. The Labute approximate surface area is 205 Å². The summed E-state index contributed by atoms with van der Waals surface area (Å²) in [5.74, 6) is 10.4. The number of anilines is 1. The third-order valence-electron chi connectivity index (χ3n) is 6.98. The van der Waals surface area contributed by atoms with E-state index in [2.05, 4.69) is 40.2 Å². The number of hydrogen-bond acceptors (Lipinski definition) is 8. The molecule has 2 aliphatic rings. The normalized spacial score (nSPS) is 20.0. The molecule has 0 aliphatic carbocycles. The summed E-state index contributed by atoms with van der Waals surface area (Å²) >= 11 is 0. The van der Waals surface area contributed by atoms with Gasteiger partial charge in [-0.1, -0.05) is 13.0 Å². The van der Waals surface area contributed by atoms with Gasteiger partial charge in [-0.15, -0.1) is 0 Å². The number of likely N-dealkylation sites (tertiary alicyclic amines) is 1. The van der Waals surface area contributed by atoms with E-state index in [9.17, 15) is 9.59 Å². The van der Waals surface area contributed by atoms with Crippen LogP contribution in [0.3, 0.4) is 0 Å². The zero-order valence-electron chi connectivity index (χ0n) is 20.3. The third kappa shape index (κ3) is 5.60. The fourth-order valence-electron chi connectivity index (χ4n) is 4.91. The number of carbonyl (C=O) groups is 2. The number of rotatable bonds is 8. The van der Waals surface area contributed by atoms with Gasteiger partial charge in [-0.3, -0.25) is 9.80 Å². The Balaban J connectivity index is 1.30. The van der Waals surface area contributed by atoms with E-state index in [0.29, 0.717) is 30.1 Å². The monoisotopic (exact) mass is 479 g/mol. The first-order valence-corrected chi connectivity index (χ1v) is 11.8. The number of hydrazine groups is 1.